The molecule has 1 nitrogen and oxygen atoms in total. The molecule has 0 radical (unpaired) electrons. The van der Waals surface area contributed by atoms with Gasteiger partial charge in [-0.2, -0.15) is 0 Å². The fourth-order valence-corrected chi connectivity index (χ4v) is 2.53. The zero-order valence-electron chi connectivity index (χ0n) is 10.6. The summed E-state index contributed by atoms with van der Waals surface area (Å²) in [5.74, 6) is 0. The van der Waals surface area contributed by atoms with E-state index in [9.17, 15) is 0 Å². The van der Waals surface area contributed by atoms with Gasteiger partial charge >= 0.3 is 0 Å². The lowest BCUT2D eigenvalue weighted by Gasteiger charge is -2.10. The van der Waals surface area contributed by atoms with Crippen LogP contribution in [0.25, 0.3) is 16.6 Å². The third kappa shape index (κ3) is 1.82. The molecule has 0 atom stereocenters. The normalized spacial score (nSPS) is 10.9. The molecule has 0 aliphatic carbocycles. The quantitative estimate of drug-likeness (QED) is 0.626. The number of rotatable bonds is 3. The van der Waals surface area contributed by atoms with Crippen molar-refractivity contribution >= 4 is 10.9 Å². The fourth-order valence-electron chi connectivity index (χ4n) is 2.53. The highest BCUT2D eigenvalue weighted by Gasteiger charge is 2.08. The number of benzene rings is 2. The summed E-state index contributed by atoms with van der Waals surface area (Å²) < 4.78 is 2.37. The van der Waals surface area contributed by atoms with E-state index in [-0.39, 0.29) is 0 Å². The summed E-state index contributed by atoms with van der Waals surface area (Å²) in [6, 6.07) is 21.5. The zero-order chi connectivity index (χ0) is 12.4. The Hall–Kier alpha value is -2.02. The van der Waals surface area contributed by atoms with Gasteiger partial charge in [-0.05, 0) is 30.7 Å². The molecule has 3 aromatic rings. The third-order valence-corrected chi connectivity index (χ3v) is 3.31. The summed E-state index contributed by atoms with van der Waals surface area (Å²) in [6.07, 6.45) is 2.28. The lowest BCUT2D eigenvalue weighted by Crippen LogP contribution is -1.99. The summed E-state index contributed by atoms with van der Waals surface area (Å²) in [4.78, 5) is 0. The molecule has 18 heavy (non-hydrogen) atoms. The first-order chi connectivity index (χ1) is 8.90. The first-order valence-corrected chi connectivity index (χ1v) is 6.55. The minimum Gasteiger partial charge on any atom is -0.314 e. The van der Waals surface area contributed by atoms with Crippen LogP contribution in [0.15, 0.2) is 60.7 Å². The standard InChI is InChI=1S/C17H17N/c1-2-8-16-13-14-9-6-7-12-17(14)18(16)15-10-4-3-5-11-15/h3-7,9-13H,2,8H2,1H3. The monoisotopic (exact) mass is 235 g/mol. The van der Waals surface area contributed by atoms with Gasteiger partial charge in [-0.3, -0.25) is 0 Å². The maximum absolute atomic E-state index is 2.37. The second-order valence-corrected chi connectivity index (χ2v) is 4.62. The van der Waals surface area contributed by atoms with E-state index in [1.807, 2.05) is 0 Å². The predicted molar refractivity (Wildman–Crippen MR) is 77.3 cm³/mol. The van der Waals surface area contributed by atoms with Crippen LogP contribution in [0.1, 0.15) is 19.0 Å². The molecule has 0 unspecified atom stereocenters. The van der Waals surface area contributed by atoms with Gasteiger partial charge in [0.2, 0.25) is 0 Å². The SMILES string of the molecule is CCCc1cc2ccccc2n1-c1ccccc1. The maximum atomic E-state index is 2.37. The third-order valence-electron chi connectivity index (χ3n) is 3.31. The largest absolute Gasteiger partial charge is 0.314 e. The average Bonchev–Trinajstić information content (AvgIpc) is 2.78. The van der Waals surface area contributed by atoms with Crippen molar-refractivity contribution in [1.29, 1.82) is 0 Å². The highest BCUT2D eigenvalue weighted by Crippen LogP contribution is 2.25. The summed E-state index contributed by atoms with van der Waals surface area (Å²) >= 11 is 0. The van der Waals surface area contributed by atoms with Crippen molar-refractivity contribution in [2.24, 2.45) is 0 Å². The highest BCUT2D eigenvalue weighted by atomic mass is 15.0. The van der Waals surface area contributed by atoms with E-state index >= 15 is 0 Å². The maximum Gasteiger partial charge on any atom is 0.0531 e. The fraction of sp³-hybridized carbons (Fsp3) is 0.176. The Labute approximate surface area is 108 Å². The lowest BCUT2D eigenvalue weighted by molar-refractivity contribution is 0.854. The van der Waals surface area contributed by atoms with Crippen LogP contribution in [0.4, 0.5) is 0 Å². The van der Waals surface area contributed by atoms with E-state index in [1.165, 1.54) is 28.7 Å². The second-order valence-electron chi connectivity index (χ2n) is 4.62. The van der Waals surface area contributed by atoms with Gasteiger partial charge in [-0.25, -0.2) is 0 Å². The van der Waals surface area contributed by atoms with Crippen molar-refractivity contribution in [2.45, 2.75) is 19.8 Å². The molecule has 0 bridgehead atoms. The minimum atomic E-state index is 1.11. The second kappa shape index (κ2) is 4.69. The molecule has 0 aliphatic rings. The first-order valence-electron chi connectivity index (χ1n) is 6.55. The van der Waals surface area contributed by atoms with Crippen molar-refractivity contribution in [3.63, 3.8) is 0 Å². The summed E-state index contributed by atoms with van der Waals surface area (Å²) in [5, 5.41) is 1.32. The minimum absolute atomic E-state index is 1.11. The van der Waals surface area contributed by atoms with Gasteiger partial charge in [-0.1, -0.05) is 49.7 Å². The van der Waals surface area contributed by atoms with Crippen LogP contribution in [0.5, 0.6) is 0 Å². The van der Waals surface area contributed by atoms with Gasteiger partial charge in [0.15, 0.2) is 0 Å². The van der Waals surface area contributed by atoms with Crippen molar-refractivity contribution in [2.75, 3.05) is 0 Å². The molecular weight excluding hydrogens is 218 g/mol. The molecule has 3 rings (SSSR count). The molecule has 1 heteroatoms. The van der Waals surface area contributed by atoms with Crippen LogP contribution in [-0.2, 0) is 6.42 Å². The molecule has 0 aliphatic heterocycles. The zero-order valence-corrected chi connectivity index (χ0v) is 10.6. The van der Waals surface area contributed by atoms with Crippen molar-refractivity contribution < 1.29 is 0 Å². The van der Waals surface area contributed by atoms with Crippen LogP contribution >= 0.6 is 0 Å². The Morgan fingerprint density at radius 2 is 1.61 bits per heavy atom. The smallest absolute Gasteiger partial charge is 0.0531 e. The van der Waals surface area contributed by atoms with Crippen LogP contribution in [0.2, 0.25) is 0 Å². The Morgan fingerprint density at radius 3 is 2.39 bits per heavy atom. The van der Waals surface area contributed by atoms with E-state index in [0.717, 1.165) is 6.42 Å². The molecule has 90 valence electrons. The van der Waals surface area contributed by atoms with E-state index in [1.54, 1.807) is 0 Å². The summed E-state index contributed by atoms with van der Waals surface area (Å²) in [5.41, 5.74) is 3.94. The lowest BCUT2D eigenvalue weighted by atomic mass is 10.2. The highest BCUT2D eigenvalue weighted by molar-refractivity contribution is 5.83. The molecule has 0 fully saturated rings. The van der Waals surface area contributed by atoms with Gasteiger partial charge < -0.3 is 4.57 Å². The number of aryl methyl sites for hydroxylation is 1. The number of hydrogen-bond acceptors (Lipinski definition) is 0. The number of nitrogens with zero attached hydrogens (tertiary/aromatic N) is 1. The summed E-state index contributed by atoms with van der Waals surface area (Å²) in [6.45, 7) is 2.23. The molecule has 0 N–H and O–H groups in total. The van der Waals surface area contributed by atoms with Crippen LogP contribution in [0.3, 0.4) is 0 Å². The molecule has 1 aromatic heterocycles. The van der Waals surface area contributed by atoms with Gasteiger partial charge in [0, 0.05) is 16.8 Å². The van der Waals surface area contributed by atoms with Crippen LogP contribution in [0, 0.1) is 0 Å². The van der Waals surface area contributed by atoms with Gasteiger partial charge in [0.1, 0.15) is 0 Å². The van der Waals surface area contributed by atoms with Crippen molar-refractivity contribution in [3.8, 4) is 5.69 Å². The van der Waals surface area contributed by atoms with Gasteiger partial charge in [0.05, 0.1) is 5.52 Å². The van der Waals surface area contributed by atoms with E-state index in [2.05, 4.69) is 72.2 Å². The van der Waals surface area contributed by atoms with E-state index in [4.69, 9.17) is 0 Å². The number of fused-ring (bicyclic) bond motifs is 1. The van der Waals surface area contributed by atoms with Crippen LogP contribution in [-0.4, -0.2) is 4.57 Å². The average molecular weight is 235 g/mol. The van der Waals surface area contributed by atoms with Gasteiger partial charge in [0.25, 0.3) is 0 Å². The Balaban J connectivity index is 2.28. The number of aromatic nitrogens is 1. The van der Waals surface area contributed by atoms with E-state index < -0.39 is 0 Å². The van der Waals surface area contributed by atoms with Crippen LogP contribution < -0.4 is 0 Å². The molecule has 2 aromatic carbocycles. The number of para-hydroxylation sites is 2. The Morgan fingerprint density at radius 1 is 0.889 bits per heavy atom. The predicted octanol–water partition coefficient (Wildman–Crippen LogP) is 4.58. The molecule has 0 spiro atoms. The van der Waals surface area contributed by atoms with E-state index in [0.29, 0.717) is 0 Å². The molecule has 0 saturated heterocycles. The molecule has 0 saturated carbocycles. The van der Waals surface area contributed by atoms with Crippen molar-refractivity contribution in [1.82, 2.24) is 4.57 Å². The molecule has 1 heterocycles. The molecule has 0 amide bonds. The molecular formula is C17H17N. The Bertz CT molecular complexity index is 650. The topological polar surface area (TPSA) is 4.93 Å². The van der Waals surface area contributed by atoms with Crippen molar-refractivity contribution in [3.05, 3.63) is 66.4 Å². The first kappa shape index (κ1) is 11.1. The Kier molecular flexibility index (Phi) is 2.89. The number of hydrogen-bond donors (Lipinski definition) is 0. The van der Waals surface area contributed by atoms with Gasteiger partial charge in [-0.15, -0.1) is 0 Å². The summed E-state index contributed by atoms with van der Waals surface area (Å²) in [7, 11) is 0.